The van der Waals surface area contributed by atoms with Crippen molar-refractivity contribution < 1.29 is 9.72 Å². The molecule has 0 aliphatic carbocycles. The van der Waals surface area contributed by atoms with Crippen molar-refractivity contribution in [3.8, 4) is 0 Å². The SMILES string of the molecule is Cc1cc(C)n(Cc2cccc(NC(=O)CCn3cc([N+](=O)[O-])c(C)n3)c2)n1. The van der Waals surface area contributed by atoms with E-state index in [0.29, 0.717) is 17.9 Å². The first-order valence-electron chi connectivity index (χ1n) is 8.90. The molecule has 0 aliphatic rings. The van der Waals surface area contributed by atoms with Crippen LogP contribution < -0.4 is 5.32 Å². The van der Waals surface area contributed by atoms with Crippen LogP contribution in [0.25, 0.3) is 0 Å². The fourth-order valence-electron chi connectivity index (χ4n) is 3.00. The number of anilines is 1. The highest BCUT2D eigenvalue weighted by Crippen LogP contribution is 2.16. The molecule has 9 nitrogen and oxygen atoms in total. The number of nitro groups is 1. The highest BCUT2D eigenvalue weighted by Gasteiger charge is 2.15. The van der Waals surface area contributed by atoms with Gasteiger partial charge in [0, 0.05) is 24.3 Å². The van der Waals surface area contributed by atoms with Crippen molar-refractivity contribution in [3.05, 3.63) is 69.3 Å². The summed E-state index contributed by atoms with van der Waals surface area (Å²) in [6, 6.07) is 9.63. The van der Waals surface area contributed by atoms with Crippen molar-refractivity contribution in [2.75, 3.05) is 5.32 Å². The van der Waals surface area contributed by atoms with Gasteiger partial charge in [0.1, 0.15) is 11.9 Å². The maximum Gasteiger partial charge on any atom is 0.309 e. The molecule has 1 N–H and O–H groups in total. The molecule has 9 heteroatoms. The molecule has 0 bridgehead atoms. The van der Waals surface area contributed by atoms with Gasteiger partial charge in [0.15, 0.2) is 0 Å². The minimum atomic E-state index is -0.479. The Kier molecular flexibility index (Phi) is 5.53. The van der Waals surface area contributed by atoms with Gasteiger partial charge >= 0.3 is 5.69 Å². The first kappa shape index (κ1) is 19.3. The fourth-order valence-corrected chi connectivity index (χ4v) is 3.00. The third kappa shape index (κ3) is 4.61. The van der Waals surface area contributed by atoms with Crippen molar-refractivity contribution in [2.45, 2.75) is 40.3 Å². The molecule has 1 aromatic carbocycles. The molecule has 3 rings (SSSR count). The van der Waals surface area contributed by atoms with Crippen LogP contribution in [0, 0.1) is 30.9 Å². The molecule has 0 saturated carbocycles. The molecule has 0 radical (unpaired) electrons. The Balaban J connectivity index is 1.59. The third-order valence-electron chi connectivity index (χ3n) is 4.33. The quantitative estimate of drug-likeness (QED) is 0.499. The number of rotatable bonds is 7. The number of aryl methyl sites for hydroxylation is 4. The van der Waals surface area contributed by atoms with Crippen molar-refractivity contribution >= 4 is 17.3 Å². The van der Waals surface area contributed by atoms with Crippen LogP contribution in [0.2, 0.25) is 0 Å². The Labute approximate surface area is 162 Å². The summed E-state index contributed by atoms with van der Waals surface area (Å²) < 4.78 is 3.34. The number of hydrogen-bond acceptors (Lipinski definition) is 5. The van der Waals surface area contributed by atoms with Gasteiger partial charge in [-0.2, -0.15) is 10.2 Å². The van der Waals surface area contributed by atoms with Crippen LogP contribution >= 0.6 is 0 Å². The number of nitrogens with zero attached hydrogens (tertiary/aromatic N) is 5. The molecule has 2 heterocycles. The van der Waals surface area contributed by atoms with Crippen LogP contribution in [0.1, 0.15) is 29.1 Å². The van der Waals surface area contributed by atoms with Gasteiger partial charge in [-0.3, -0.25) is 24.3 Å². The van der Waals surface area contributed by atoms with E-state index in [1.165, 1.54) is 10.9 Å². The fraction of sp³-hybridized carbons (Fsp3) is 0.316. The predicted molar refractivity (Wildman–Crippen MR) is 104 cm³/mol. The number of amides is 1. The van der Waals surface area contributed by atoms with E-state index >= 15 is 0 Å². The number of aromatic nitrogens is 4. The first-order chi connectivity index (χ1) is 13.3. The summed E-state index contributed by atoms with van der Waals surface area (Å²) in [7, 11) is 0. The zero-order chi connectivity index (χ0) is 20.3. The van der Waals surface area contributed by atoms with E-state index in [4.69, 9.17) is 0 Å². The molecule has 0 atom stereocenters. The lowest BCUT2D eigenvalue weighted by atomic mass is 10.2. The maximum atomic E-state index is 12.2. The smallest absolute Gasteiger partial charge is 0.309 e. The normalized spacial score (nSPS) is 10.8. The third-order valence-corrected chi connectivity index (χ3v) is 4.33. The van der Waals surface area contributed by atoms with E-state index in [1.54, 1.807) is 6.92 Å². The van der Waals surface area contributed by atoms with Crippen LogP contribution in [0.4, 0.5) is 11.4 Å². The molecule has 0 saturated heterocycles. The van der Waals surface area contributed by atoms with Gasteiger partial charge in [0.05, 0.1) is 17.2 Å². The van der Waals surface area contributed by atoms with Gasteiger partial charge in [-0.05, 0) is 44.5 Å². The molecular weight excluding hydrogens is 360 g/mol. The lowest BCUT2D eigenvalue weighted by Crippen LogP contribution is -2.15. The summed E-state index contributed by atoms with van der Waals surface area (Å²) in [5, 5.41) is 22.2. The molecule has 0 unspecified atom stereocenters. The molecule has 3 aromatic rings. The summed E-state index contributed by atoms with van der Waals surface area (Å²) in [4.78, 5) is 22.6. The second kappa shape index (κ2) is 8.03. The number of carbonyl (C=O) groups is 1. The van der Waals surface area contributed by atoms with E-state index < -0.39 is 4.92 Å². The minimum absolute atomic E-state index is 0.0442. The Hall–Kier alpha value is -3.49. The molecule has 0 spiro atoms. The summed E-state index contributed by atoms with van der Waals surface area (Å²) in [5.74, 6) is -0.181. The van der Waals surface area contributed by atoms with Crippen LogP contribution in [-0.2, 0) is 17.9 Å². The second-order valence-corrected chi connectivity index (χ2v) is 6.70. The summed E-state index contributed by atoms with van der Waals surface area (Å²) >= 11 is 0. The van der Waals surface area contributed by atoms with E-state index in [0.717, 1.165) is 17.0 Å². The zero-order valence-corrected chi connectivity index (χ0v) is 16.0. The van der Waals surface area contributed by atoms with Crippen LogP contribution in [0.3, 0.4) is 0 Å². The molecule has 146 valence electrons. The van der Waals surface area contributed by atoms with Crippen LogP contribution in [-0.4, -0.2) is 30.4 Å². The van der Waals surface area contributed by atoms with Crippen molar-refractivity contribution in [1.82, 2.24) is 19.6 Å². The largest absolute Gasteiger partial charge is 0.326 e. The molecule has 2 aromatic heterocycles. The standard InChI is InChI=1S/C19H22N6O3/c1-13-9-14(2)24(21-13)11-16-5-4-6-17(10-16)20-19(26)7-8-23-12-18(25(27)28)15(3)22-23/h4-6,9-10,12H,7-8,11H2,1-3H3,(H,20,26). The van der Waals surface area contributed by atoms with E-state index in [2.05, 4.69) is 15.5 Å². The number of benzene rings is 1. The van der Waals surface area contributed by atoms with Crippen LogP contribution in [0.5, 0.6) is 0 Å². The van der Waals surface area contributed by atoms with E-state index in [9.17, 15) is 14.9 Å². The number of hydrogen-bond donors (Lipinski definition) is 1. The van der Waals surface area contributed by atoms with Gasteiger partial charge < -0.3 is 5.32 Å². The number of carbonyl (C=O) groups excluding carboxylic acids is 1. The highest BCUT2D eigenvalue weighted by molar-refractivity contribution is 5.90. The summed E-state index contributed by atoms with van der Waals surface area (Å²) in [6.45, 7) is 6.43. The highest BCUT2D eigenvalue weighted by atomic mass is 16.6. The van der Waals surface area contributed by atoms with E-state index in [1.807, 2.05) is 48.9 Å². The van der Waals surface area contributed by atoms with E-state index in [-0.39, 0.29) is 24.6 Å². The summed E-state index contributed by atoms with van der Waals surface area (Å²) in [6.07, 6.45) is 1.51. The van der Waals surface area contributed by atoms with Gasteiger partial charge in [0.25, 0.3) is 0 Å². The Morgan fingerprint density at radius 1 is 1.21 bits per heavy atom. The Bertz CT molecular complexity index is 1020. The summed E-state index contributed by atoms with van der Waals surface area (Å²) in [5.41, 5.74) is 4.07. The average molecular weight is 382 g/mol. The number of nitrogens with one attached hydrogen (secondary N) is 1. The predicted octanol–water partition coefficient (Wildman–Crippen LogP) is 2.99. The average Bonchev–Trinajstić information content (AvgIpc) is 3.15. The van der Waals surface area contributed by atoms with Gasteiger partial charge in [0.2, 0.25) is 5.91 Å². The molecule has 1 amide bonds. The monoisotopic (exact) mass is 382 g/mol. The lowest BCUT2D eigenvalue weighted by Gasteiger charge is -2.09. The van der Waals surface area contributed by atoms with Crippen molar-refractivity contribution in [3.63, 3.8) is 0 Å². The molecule has 0 fully saturated rings. The molecule has 0 aliphatic heterocycles. The zero-order valence-electron chi connectivity index (χ0n) is 16.0. The molecule has 28 heavy (non-hydrogen) atoms. The van der Waals surface area contributed by atoms with Gasteiger partial charge in [-0.25, -0.2) is 0 Å². The first-order valence-corrected chi connectivity index (χ1v) is 8.90. The lowest BCUT2D eigenvalue weighted by molar-refractivity contribution is -0.385. The Morgan fingerprint density at radius 2 is 2.00 bits per heavy atom. The topological polar surface area (TPSA) is 108 Å². The molecular formula is C19H22N6O3. The minimum Gasteiger partial charge on any atom is -0.326 e. The van der Waals surface area contributed by atoms with Crippen molar-refractivity contribution in [1.29, 1.82) is 0 Å². The van der Waals surface area contributed by atoms with Crippen molar-refractivity contribution in [2.24, 2.45) is 0 Å². The second-order valence-electron chi connectivity index (χ2n) is 6.70. The van der Waals surface area contributed by atoms with Gasteiger partial charge in [-0.1, -0.05) is 12.1 Å². The van der Waals surface area contributed by atoms with Crippen LogP contribution in [0.15, 0.2) is 36.5 Å². The Morgan fingerprint density at radius 3 is 2.64 bits per heavy atom. The van der Waals surface area contributed by atoms with Gasteiger partial charge in [-0.15, -0.1) is 0 Å². The maximum absolute atomic E-state index is 12.2.